The van der Waals surface area contributed by atoms with E-state index in [1.807, 2.05) is 31.2 Å². The molecule has 0 bridgehead atoms. The lowest BCUT2D eigenvalue weighted by molar-refractivity contribution is -0.145. The van der Waals surface area contributed by atoms with Gasteiger partial charge in [0.2, 0.25) is 0 Å². The van der Waals surface area contributed by atoms with Crippen LogP contribution in [0.1, 0.15) is 18.1 Å². The first-order chi connectivity index (χ1) is 14.8. The fraction of sp³-hybridized carbons (Fsp3) is 0.227. The average molecular weight is 478 g/mol. The third-order valence-corrected chi connectivity index (χ3v) is 5.86. The van der Waals surface area contributed by atoms with E-state index in [4.69, 9.17) is 38.0 Å². The normalized spacial score (nSPS) is 14.8. The first-order valence-electron chi connectivity index (χ1n) is 9.34. The van der Waals surface area contributed by atoms with E-state index in [1.165, 1.54) is 23.8 Å². The highest BCUT2D eigenvalue weighted by molar-refractivity contribution is 8.27. The minimum atomic E-state index is -0.510. The number of halogens is 1. The van der Waals surface area contributed by atoms with Gasteiger partial charge in [-0.25, -0.2) is 4.79 Å². The Labute approximate surface area is 195 Å². The minimum Gasteiger partial charge on any atom is -0.493 e. The van der Waals surface area contributed by atoms with Crippen molar-refractivity contribution in [3.05, 3.63) is 57.5 Å². The van der Waals surface area contributed by atoms with Crippen LogP contribution in [0.25, 0.3) is 6.08 Å². The van der Waals surface area contributed by atoms with Gasteiger partial charge in [-0.15, -0.1) is 0 Å². The van der Waals surface area contributed by atoms with Crippen molar-refractivity contribution < 1.29 is 23.8 Å². The van der Waals surface area contributed by atoms with Crippen LogP contribution < -0.4 is 14.4 Å². The zero-order chi connectivity index (χ0) is 22.5. The smallest absolute Gasteiger partial charge is 0.344 e. The molecule has 1 heterocycles. The maximum absolute atomic E-state index is 13.0. The minimum absolute atomic E-state index is 0.212. The van der Waals surface area contributed by atoms with E-state index >= 15 is 0 Å². The summed E-state index contributed by atoms with van der Waals surface area (Å²) in [4.78, 5) is 26.5. The predicted octanol–water partition coefficient (Wildman–Crippen LogP) is 5.00. The molecule has 3 rings (SSSR count). The van der Waals surface area contributed by atoms with Crippen molar-refractivity contribution in [2.24, 2.45) is 0 Å². The Balaban J connectivity index is 1.85. The number of carbonyl (C=O) groups is 2. The molecule has 31 heavy (non-hydrogen) atoms. The Kier molecular flexibility index (Phi) is 7.59. The lowest BCUT2D eigenvalue weighted by Crippen LogP contribution is -2.27. The van der Waals surface area contributed by atoms with Crippen LogP contribution in [0.2, 0.25) is 5.02 Å². The molecule has 0 unspecified atom stereocenters. The van der Waals surface area contributed by atoms with Crippen LogP contribution in [-0.4, -0.2) is 36.5 Å². The van der Waals surface area contributed by atoms with Gasteiger partial charge in [-0.1, -0.05) is 53.3 Å². The van der Waals surface area contributed by atoms with Gasteiger partial charge in [0.1, 0.15) is 0 Å². The molecule has 0 radical (unpaired) electrons. The molecule has 0 aliphatic carbocycles. The molecule has 1 amide bonds. The summed E-state index contributed by atoms with van der Waals surface area (Å²) >= 11 is 13.0. The number of esters is 1. The number of carbonyl (C=O) groups excluding carboxylic acids is 2. The van der Waals surface area contributed by atoms with E-state index in [9.17, 15) is 9.59 Å². The number of hydrogen-bond donors (Lipinski definition) is 0. The summed E-state index contributed by atoms with van der Waals surface area (Å²) in [5.41, 5.74) is 2.45. The molecule has 0 atom stereocenters. The van der Waals surface area contributed by atoms with Crippen molar-refractivity contribution in [3.8, 4) is 11.5 Å². The van der Waals surface area contributed by atoms with Crippen LogP contribution in [0.4, 0.5) is 5.69 Å². The molecule has 6 nitrogen and oxygen atoms in total. The van der Waals surface area contributed by atoms with Crippen LogP contribution in [-0.2, 0) is 14.3 Å². The molecular weight excluding hydrogens is 458 g/mol. The number of benzene rings is 2. The summed E-state index contributed by atoms with van der Waals surface area (Å²) in [6, 6.07) is 10.9. The van der Waals surface area contributed by atoms with Crippen molar-refractivity contribution in [2.45, 2.75) is 13.8 Å². The number of ether oxygens (including phenoxy) is 3. The number of rotatable bonds is 7. The maximum Gasteiger partial charge on any atom is 0.344 e. The number of amides is 1. The van der Waals surface area contributed by atoms with Crippen LogP contribution in [0.3, 0.4) is 0 Å². The monoisotopic (exact) mass is 477 g/mol. The van der Waals surface area contributed by atoms with E-state index in [-0.39, 0.29) is 29.9 Å². The molecule has 0 N–H and O–H groups in total. The molecule has 1 aliphatic heterocycles. The van der Waals surface area contributed by atoms with E-state index in [0.29, 0.717) is 20.5 Å². The van der Waals surface area contributed by atoms with Crippen molar-refractivity contribution in [1.82, 2.24) is 0 Å². The first-order valence-corrected chi connectivity index (χ1v) is 10.9. The summed E-state index contributed by atoms with van der Waals surface area (Å²) in [6.07, 6.45) is 1.69. The van der Waals surface area contributed by atoms with Crippen molar-refractivity contribution in [1.29, 1.82) is 0 Å². The molecular formula is C22H20ClNO5S2. The van der Waals surface area contributed by atoms with Crippen LogP contribution >= 0.6 is 35.6 Å². The fourth-order valence-electron chi connectivity index (χ4n) is 2.83. The van der Waals surface area contributed by atoms with Crippen LogP contribution in [0.15, 0.2) is 41.3 Å². The number of thiocarbonyl (C=S) groups is 1. The summed E-state index contributed by atoms with van der Waals surface area (Å²) in [7, 11) is 1.46. The van der Waals surface area contributed by atoms with E-state index in [0.717, 1.165) is 11.3 Å². The molecule has 1 saturated heterocycles. The molecule has 1 aliphatic rings. The van der Waals surface area contributed by atoms with Gasteiger partial charge in [0.15, 0.2) is 22.4 Å². The number of anilines is 1. The van der Waals surface area contributed by atoms with Crippen LogP contribution in [0, 0.1) is 6.92 Å². The molecule has 162 valence electrons. The second-order valence-electron chi connectivity index (χ2n) is 6.48. The van der Waals surface area contributed by atoms with Crippen molar-refractivity contribution in [3.63, 3.8) is 0 Å². The van der Waals surface area contributed by atoms with Gasteiger partial charge in [0.05, 0.1) is 29.3 Å². The van der Waals surface area contributed by atoms with E-state index in [2.05, 4.69) is 0 Å². The second kappa shape index (κ2) is 10.2. The zero-order valence-electron chi connectivity index (χ0n) is 17.1. The third-order valence-electron chi connectivity index (χ3n) is 4.28. The summed E-state index contributed by atoms with van der Waals surface area (Å²) < 4.78 is 16.1. The molecule has 0 spiro atoms. The molecule has 2 aromatic carbocycles. The quantitative estimate of drug-likeness (QED) is 0.315. The maximum atomic E-state index is 13.0. The lowest BCUT2D eigenvalue weighted by atomic mass is 10.1. The summed E-state index contributed by atoms with van der Waals surface area (Å²) in [5.74, 6) is -0.167. The summed E-state index contributed by atoms with van der Waals surface area (Å²) in [6.45, 7) is 3.65. The van der Waals surface area contributed by atoms with E-state index < -0.39 is 5.97 Å². The number of nitrogens with zero attached hydrogens (tertiary/aromatic N) is 1. The van der Waals surface area contributed by atoms with Gasteiger partial charge in [0, 0.05) is 0 Å². The SMILES string of the molecule is CCOC(=O)COc1c(Cl)cc(/C=C2/SC(=S)N(c3ccc(C)cc3)C2=O)cc1OC. The number of aryl methyl sites for hydroxylation is 1. The molecule has 9 heteroatoms. The number of methoxy groups -OCH3 is 1. The molecule has 1 fully saturated rings. The van der Waals surface area contributed by atoms with Gasteiger partial charge in [-0.2, -0.15) is 0 Å². The van der Waals surface area contributed by atoms with Crippen molar-refractivity contribution in [2.75, 3.05) is 25.2 Å². The molecule has 0 aromatic heterocycles. The number of thioether (sulfide) groups is 1. The molecule has 2 aromatic rings. The van der Waals surface area contributed by atoms with Gasteiger partial charge in [-0.05, 0) is 49.8 Å². The van der Waals surface area contributed by atoms with Crippen LogP contribution in [0.5, 0.6) is 11.5 Å². The highest BCUT2D eigenvalue weighted by Crippen LogP contribution is 2.40. The highest BCUT2D eigenvalue weighted by atomic mass is 35.5. The van der Waals surface area contributed by atoms with Gasteiger partial charge in [0.25, 0.3) is 5.91 Å². The first kappa shape index (κ1) is 23.1. The Morgan fingerprint density at radius 1 is 1.26 bits per heavy atom. The van der Waals surface area contributed by atoms with Gasteiger partial charge in [-0.3, -0.25) is 9.69 Å². The van der Waals surface area contributed by atoms with Gasteiger partial charge >= 0.3 is 5.97 Å². The van der Waals surface area contributed by atoms with Crippen molar-refractivity contribution >= 4 is 63.5 Å². The Morgan fingerprint density at radius 2 is 1.97 bits per heavy atom. The number of hydrogen-bond acceptors (Lipinski definition) is 7. The third kappa shape index (κ3) is 5.39. The Morgan fingerprint density at radius 3 is 2.61 bits per heavy atom. The Hall–Kier alpha value is -2.55. The zero-order valence-corrected chi connectivity index (χ0v) is 19.5. The fourth-order valence-corrected chi connectivity index (χ4v) is 4.41. The molecule has 0 saturated carbocycles. The van der Waals surface area contributed by atoms with E-state index in [1.54, 1.807) is 25.1 Å². The standard InChI is InChI=1S/C22H20ClNO5S2/c1-4-28-19(25)12-29-20-16(23)9-14(10-17(20)27-3)11-18-21(26)24(22(30)31-18)15-7-5-13(2)6-8-15/h5-11H,4,12H2,1-3H3/b18-11+. The largest absolute Gasteiger partial charge is 0.493 e. The predicted molar refractivity (Wildman–Crippen MR) is 127 cm³/mol. The topological polar surface area (TPSA) is 65.1 Å². The second-order valence-corrected chi connectivity index (χ2v) is 8.56. The lowest BCUT2D eigenvalue weighted by Gasteiger charge is -2.14. The highest BCUT2D eigenvalue weighted by Gasteiger charge is 2.33. The summed E-state index contributed by atoms with van der Waals surface area (Å²) in [5, 5.41) is 0.240. The Bertz CT molecular complexity index is 1050. The van der Waals surface area contributed by atoms with Gasteiger partial charge < -0.3 is 14.2 Å². The average Bonchev–Trinajstić information content (AvgIpc) is 3.00.